The van der Waals surface area contributed by atoms with E-state index in [0.717, 1.165) is 17.9 Å². The smallest absolute Gasteiger partial charge is 0.272 e. The van der Waals surface area contributed by atoms with Crippen LogP contribution >= 0.6 is 0 Å². The fraction of sp³-hybridized carbons (Fsp3) is 0.167. The molecule has 1 aliphatic rings. The highest BCUT2D eigenvalue weighted by atomic mass is 32.2. The molecule has 11 nitrogen and oxygen atoms in total. The van der Waals surface area contributed by atoms with Crippen LogP contribution in [0.5, 0.6) is 0 Å². The third-order valence-electron chi connectivity index (χ3n) is 5.94. The number of nitro groups is 1. The van der Waals surface area contributed by atoms with Crippen molar-refractivity contribution in [1.29, 1.82) is 0 Å². The number of nitrogens with two attached hydrogens (primary N) is 1. The highest BCUT2D eigenvalue weighted by molar-refractivity contribution is 7.88. The average molecular weight is 510 g/mol. The van der Waals surface area contributed by atoms with Gasteiger partial charge in [0.25, 0.3) is 11.6 Å². The summed E-state index contributed by atoms with van der Waals surface area (Å²) in [5.74, 6) is -1.18. The second-order valence-corrected chi connectivity index (χ2v) is 10.3. The Balaban J connectivity index is 1.87. The fourth-order valence-electron chi connectivity index (χ4n) is 4.18. The summed E-state index contributed by atoms with van der Waals surface area (Å²) in [6.07, 6.45) is 4.47. The monoisotopic (exact) mass is 509 g/mol. The fourth-order valence-corrected chi connectivity index (χ4v) is 4.95. The molecule has 0 radical (unpaired) electrons. The minimum atomic E-state index is -3.32. The van der Waals surface area contributed by atoms with Crippen molar-refractivity contribution in [3.05, 3.63) is 76.5 Å². The third kappa shape index (κ3) is 4.90. The molecule has 0 spiro atoms. The number of nitrogens with zero attached hydrogens (tertiary/aromatic N) is 2. The molecule has 1 aromatic heterocycles. The van der Waals surface area contributed by atoms with Crippen LogP contribution in [0.2, 0.25) is 0 Å². The largest absolute Gasteiger partial charge is 0.366 e. The van der Waals surface area contributed by atoms with Crippen molar-refractivity contribution < 1.29 is 22.9 Å². The van der Waals surface area contributed by atoms with Gasteiger partial charge in [0.2, 0.25) is 15.9 Å². The number of primary amides is 1. The number of nitrogens with one attached hydrogen (secondary N) is 2. The van der Waals surface area contributed by atoms with Crippen LogP contribution in [0.15, 0.2) is 55.1 Å². The van der Waals surface area contributed by atoms with Gasteiger partial charge in [0.05, 0.1) is 22.3 Å². The van der Waals surface area contributed by atoms with E-state index in [1.807, 2.05) is 0 Å². The molecule has 0 atom stereocenters. The molecule has 1 aliphatic heterocycles. The van der Waals surface area contributed by atoms with E-state index in [9.17, 15) is 28.1 Å². The maximum atomic E-state index is 12.1. The Bertz CT molecular complexity index is 1570. The SMILES string of the molecule is C=CC(=O)Nc1cc(-c2ccc(C(N)=O)c3[nH]c(C4=CCN(S(C)(=O)=O)CC4)cc23)cc([N+](=O)[O-])c1. The van der Waals surface area contributed by atoms with E-state index in [1.54, 1.807) is 24.3 Å². The Morgan fingerprint density at radius 2 is 2.00 bits per heavy atom. The van der Waals surface area contributed by atoms with Crippen LogP contribution in [0.25, 0.3) is 27.6 Å². The molecular formula is C24H23N5O6S. The van der Waals surface area contributed by atoms with Crippen molar-refractivity contribution in [3.63, 3.8) is 0 Å². The number of anilines is 1. The molecule has 0 unspecified atom stereocenters. The summed E-state index contributed by atoms with van der Waals surface area (Å²) >= 11 is 0. The lowest BCUT2D eigenvalue weighted by atomic mass is 9.97. The van der Waals surface area contributed by atoms with Gasteiger partial charge < -0.3 is 16.0 Å². The van der Waals surface area contributed by atoms with Crippen LogP contribution in [0.3, 0.4) is 0 Å². The lowest BCUT2D eigenvalue weighted by Crippen LogP contribution is -2.33. The molecule has 2 amide bonds. The van der Waals surface area contributed by atoms with E-state index in [2.05, 4.69) is 16.9 Å². The first-order valence-electron chi connectivity index (χ1n) is 10.8. The molecule has 0 aliphatic carbocycles. The minimum absolute atomic E-state index is 0.211. The van der Waals surface area contributed by atoms with Gasteiger partial charge in [-0.05, 0) is 47.4 Å². The summed E-state index contributed by atoms with van der Waals surface area (Å²) < 4.78 is 25.0. The average Bonchev–Trinajstić information content (AvgIpc) is 3.28. The molecule has 0 bridgehead atoms. The number of non-ortho nitro benzene ring substituents is 1. The zero-order valence-corrected chi connectivity index (χ0v) is 20.1. The lowest BCUT2D eigenvalue weighted by Gasteiger charge is -2.23. The van der Waals surface area contributed by atoms with Crippen molar-refractivity contribution >= 4 is 49.7 Å². The summed E-state index contributed by atoms with van der Waals surface area (Å²) in [4.78, 5) is 38.1. The molecule has 2 aromatic carbocycles. The van der Waals surface area contributed by atoms with E-state index in [4.69, 9.17) is 5.73 Å². The van der Waals surface area contributed by atoms with Gasteiger partial charge in [-0.3, -0.25) is 19.7 Å². The molecule has 186 valence electrons. The maximum absolute atomic E-state index is 12.1. The molecule has 0 saturated heterocycles. The van der Waals surface area contributed by atoms with Gasteiger partial charge in [-0.1, -0.05) is 18.7 Å². The number of amides is 2. The molecule has 3 aromatic rings. The molecular weight excluding hydrogens is 486 g/mol. The topological polar surface area (TPSA) is 168 Å². The highest BCUT2D eigenvalue weighted by Gasteiger charge is 2.23. The van der Waals surface area contributed by atoms with Crippen LogP contribution in [0.1, 0.15) is 22.5 Å². The van der Waals surface area contributed by atoms with Crippen LogP contribution in [0, 0.1) is 10.1 Å². The number of sulfonamides is 1. The highest BCUT2D eigenvalue weighted by Crippen LogP contribution is 2.37. The predicted octanol–water partition coefficient (Wildman–Crippen LogP) is 3.02. The number of rotatable bonds is 7. The van der Waals surface area contributed by atoms with Crippen LogP contribution in [0.4, 0.5) is 11.4 Å². The number of H-pyrrole nitrogens is 1. The van der Waals surface area contributed by atoms with Crippen molar-refractivity contribution in [2.75, 3.05) is 24.7 Å². The van der Waals surface area contributed by atoms with Crippen molar-refractivity contribution in [2.24, 2.45) is 5.73 Å². The lowest BCUT2D eigenvalue weighted by molar-refractivity contribution is -0.384. The number of benzene rings is 2. The number of aromatic amines is 1. The summed E-state index contributed by atoms with van der Waals surface area (Å²) in [6, 6.07) is 9.17. The molecule has 4 N–H and O–H groups in total. The number of carbonyl (C=O) groups excluding carboxylic acids is 2. The summed E-state index contributed by atoms with van der Waals surface area (Å²) in [5, 5.41) is 14.7. The van der Waals surface area contributed by atoms with Gasteiger partial charge in [0.15, 0.2) is 0 Å². The van der Waals surface area contributed by atoms with Crippen LogP contribution < -0.4 is 11.1 Å². The number of hydrogen-bond acceptors (Lipinski definition) is 6. The van der Waals surface area contributed by atoms with Gasteiger partial charge in [-0.15, -0.1) is 0 Å². The third-order valence-corrected chi connectivity index (χ3v) is 7.21. The molecule has 4 rings (SSSR count). The second-order valence-electron chi connectivity index (χ2n) is 8.32. The summed E-state index contributed by atoms with van der Waals surface area (Å²) in [7, 11) is -3.32. The maximum Gasteiger partial charge on any atom is 0.272 e. The van der Waals surface area contributed by atoms with Crippen LogP contribution in [-0.4, -0.2) is 53.8 Å². The van der Waals surface area contributed by atoms with Crippen LogP contribution in [-0.2, 0) is 14.8 Å². The second kappa shape index (κ2) is 9.40. The van der Waals surface area contributed by atoms with Crippen molar-refractivity contribution in [3.8, 4) is 11.1 Å². The first-order valence-corrected chi connectivity index (χ1v) is 12.7. The summed E-state index contributed by atoms with van der Waals surface area (Å²) in [5.41, 5.74) is 8.81. The molecule has 36 heavy (non-hydrogen) atoms. The molecule has 0 saturated carbocycles. The van der Waals surface area contributed by atoms with Gasteiger partial charge in [-0.25, -0.2) is 8.42 Å². The van der Waals surface area contributed by atoms with Gasteiger partial charge in [-0.2, -0.15) is 4.31 Å². The zero-order valence-electron chi connectivity index (χ0n) is 19.3. The Hall–Kier alpha value is -4.29. The van der Waals surface area contributed by atoms with Gasteiger partial charge in [0.1, 0.15) is 0 Å². The molecule has 2 heterocycles. The predicted molar refractivity (Wildman–Crippen MR) is 137 cm³/mol. The number of nitro benzene ring substituents is 1. The standard InChI is InChI=1S/C24H23N5O6S/c1-3-22(30)26-16-10-15(11-17(12-16)29(32)33)18-4-5-19(24(25)31)23-20(18)13-21(27-23)14-6-8-28(9-7-14)36(2,34)35/h3-6,10-13,27H,1,7-9H2,2H3,(H2,25,31)(H,26,30). The number of fused-ring (bicyclic) bond motifs is 1. The molecule has 0 fully saturated rings. The van der Waals surface area contributed by atoms with Crippen molar-refractivity contribution in [1.82, 2.24) is 9.29 Å². The zero-order chi connectivity index (χ0) is 26.2. The Morgan fingerprint density at radius 3 is 2.58 bits per heavy atom. The summed E-state index contributed by atoms with van der Waals surface area (Å²) in [6.45, 7) is 3.92. The van der Waals surface area contributed by atoms with E-state index >= 15 is 0 Å². The van der Waals surface area contributed by atoms with E-state index in [1.165, 1.54) is 22.5 Å². The Labute approximate surface area is 206 Å². The quantitative estimate of drug-likeness (QED) is 0.251. The number of hydrogen-bond donors (Lipinski definition) is 3. The first-order chi connectivity index (χ1) is 17.0. The van der Waals surface area contributed by atoms with E-state index in [-0.39, 0.29) is 23.5 Å². The van der Waals surface area contributed by atoms with Gasteiger partial charge in [0, 0.05) is 42.0 Å². The first kappa shape index (κ1) is 24.8. The Kier molecular flexibility index (Phi) is 6.48. The van der Waals surface area contributed by atoms with E-state index in [0.29, 0.717) is 40.7 Å². The number of carbonyl (C=O) groups is 2. The number of aromatic nitrogens is 1. The van der Waals surface area contributed by atoms with Gasteiger partial charge >= 0.3 is 0 Å². The Morgan fingerprint density at radius 1 is 1.25 bits per heavy atom. The minimum Gasteiger partial charge on any atom is -0.366 e. The van der Waals surface area contributed by atoms with E-state index < -0.39 is 26.8 Å². The molecule has 12 heteroatoms. The normalized spacial score (nSPS) is 14.3. The van der Waals surface area contributed by atoms with Crippen molar-refractivity contribution in [2.45, 2.75) is 6.42 Å².